The summed E-state index contributed by atoms with van der Waals surface area (Å²) in [5.74, 6) is -1.49. The Balaban J connectivity index is 2.21. The maximum atomic E-state index is 13.3. The summed E-state index contributed by atoms with van der Waals surface area (Å²) in [5, 5.41) is 7.28. The third-order valence-corrected chi connectivity index (χ3v) is 4.89. The van der Waals surface area contributed by atoms with Gasteiger partial charge in [-0.3, -0.25) is 0 Å². The summed E-state index contributed by atoms with van der Waals surface area (Å²) in [4.78, 5) is 0. The molecular formula is C15H22F3NS. The zero-order chi connectivity index (χ0) is 14.6. The monoisotopic (exact) mass is 305 g/mol. The van der Waals surface area contributed by atoms with Crippen LogP contribution in [-0.4, -0.2) is 12.7 Å². The van der Waals surface area contributed by atoms with Crippen molar-refractivity contribution in [1.29, 1.82) is 0 Å². The maximum Gasteiger partial charge on any atom is 0.392 e. The van der Waals surface area contributed by atoms with E-state index >= 15 is 0 Å². The van der Waals surface area contributed by atoms with Crippen LogP contribution in [0.1, 0.15) is 50.6 Å². The molecule has 3 unspecified atom stereocenters. The van der Waals surface area contributed by atoms with Gasteiger partial charge in [-0.1, -0.05) is 19.8 Å². The summed E-state index contributed by atoms with van der Waals surface area (Å²) in [6, 6.07) is 1.80. The number of alkyl halides is 3. The van der Waals surface area contributed by atoms with Crippen molar-refractivity contribution in [2.24, 2.45) is 11.8 Å². The molecule has 1 aromatic heterocycles. The first-order chi connectivity index (χ1) is 9.54. The lowest BCUT2D eigenvalue weighted by Gasteiger charge is -2.38. The molecule has 0 saturated heterocycles. The molecule has 0 radical (unpaired) electrons. The van der Waals surface area contributed by atoms with E-state index in [0.717, 1.165) is 24.9 Å². The summed E-state index contributed by atoms with van der Waals surface area (Å²) < 4.78 is 39.9. The predicted molar refractivity (Wildman–Crippen MR) is 76.9 cm³/mol. The largest absolute Gasteiger partial charge is 0.392 e. The second-order valence-corrected chi connectivity index (χ2v) is 6.36. The zero-order valence-electron chi connectivity index (χ0n) is 11.7. The molecule has 0 spiro atoms. The molecule has 1 N–H and O–H groups in total. The van der Waals surface area contributed by atoms with Crippen molar-refractivity contribution < 1.29 is 13.2 Å². The Morgan fingerprint density at radius 1 is 1.35 bits per heavy atom. The number of nitrogens with one attached hydrogen (secondary N) is 1. The second kappa shape index (κ2) is 6.94. The van der Waals surface area contributed by atoms with Gasteiger partial charge in [-0.25, -0.2) is 0 Å². The molecule has 0 amide bonds. The van der Waals surface area contributed by atoms with Gasteiger partial charge >= 0.3 is 6.18 Å². The Kier molecular flexibility index (Phi) is 5.49. The Bertz CT molecular complexity index is 388. The number of thiophene rings is 1. The van der Waals surface area contributed by atoms with Crippen LogP contribution >= 0.6 is 11.3 Å². The highest BCUT2D eigenvalue weighted by molar-refractivity contribution is 7.07. The highest BCUT2D eigenvalue weighted by Gasteiger charge is 2.48. The second-order valence-electron chi connectivity index (χ2n) is 5.58. The molecule has 1 heterocycles. The Labute approximate surface area is 122 Å². The zero-order valence-corrected chi connectivity index (χ0v) is 12.6. The number of hydrogen-bond donors (Lipinski definition) is 1. The van der Waals surface area contributed by atoms with Gasteiger partial charge in [-0.15, -0.1) is 0 Å². The first kappa shape index (κ1) is 15.8. The Hall–Kier alpha value is -0.550. The van der Waals surface area contributed by atoms with Crippen molar-refractivity contribution in [2.75, 3.05) is 6.54 Å². The minimum atomic E-state index is -4.08. The molecule has 5 heteroatoms. The summed E-state index contributed by atoms with van der Waals surface area (Å²) in [5.41, 5.74) is 1.02. The fraction of sp³-hybridized carbons (Fsp3) is 0.733. The lowest BCUT2D eigenvalue weighted by molar-refractivity contribution is -0.199. The van der Waals surface area contributed by atoms with E-state index in [0.29, 0.717) is 12.8 Å². The highest BCUT2D eigenvalue weighted by atomic mass is 32.1. The predicted octanol–water partition coefficient (Wildman–Crippen LogP) is 5.16. The topological polar surface area (TPSA) is 12.0 Å². The molecule has 0 aromatic carbocycles. The SMILES string of the molecule is CCCNC(c1ccsc1)C1CCCCC1C(F)(F)F. The van der Waals surface area contributed by atoms with E-state index in [9.17, 15) is 13.2 Å². The van der Waals surface area contributed by atoms with Crippen LogP contribution in [0.5, 0.6) is 0 Å². The molecule has 1 aliphatic rings. The molecule has 1 saturated carbocycles. The first-order valence-electron chi connectivity index (χ1n) is 7.36. The van der Waals surface area contributed by atoms with E-state index in [-0.39, 0.29) is 18.4 Å². The summed E-state index contributed by atoms with van der Waals surface area (Å²) >= 11 is 1.55. The van der Waals surface area contributed by atoms with Gasteiger partial charge in [-0.2, -0.15) is 24.5 Å². The molecule has 3 atom stereocenters. The number of halogens is 3. The van der Waals surface area contributed by atoms with Gasteiger partial charge in [0.15, 0.2) is 0 Å². The minimum Gasteiger partial charge on any atom is -0.310 e. The van der Waals surface area contributed by atoms with Crippen LogP contribution in [-0.2, 0) is 0 Å². The smallest absolute Gasteiger partial charge is 0.310 e. The third-order valence-electron chi connectivity index (χ3n) is 4.18. The van der Waals surface area contributed by atoms with Crippen LogP contribution in [0.3, 0.4) is 0 Å². The van der Waals surface area contributed by atoms with Gasteiger partial charge in [0.2, 0.25) is 0 Å². The maximum absolute atomic E-state index is 13.3. The van der Waals surface area contributed by atoms with Gasteiger partial charge in [0, 0.05) is 6.04 Å². The molecule has 0 bridgehead atoms. The van der Waals surface area contributed by atoms with E-state index in [4.69, 9.17) is 0 Å². The van der Waals surface area contributed by atoms with E-state index in [1.54, 1.807) is 11.3 Å². The molecule has 1 fully saturated rings. The standard InChI is InChI=1S/C15H22F3NS/c1-2-8-19-14(11-7-9-20-10-11)12-5-3-4-6-13(12)15(16,17)18/h7,9-10,12-14,19H,2-6,8H2,1H3. The highest BCUT2D eigenvalue weighted by Crippen LogP contribution is 2.46. The lowest BCUT2D eigenvalue weighted by atomic mass is 9.73. The van der Waals surface area contributed by atoms with Crippen molar-refractivity contribution in [2.45, 2.75) is 51.2 Å². The van der Waals surface area contributed by atoms with Crippen molar-refractivity contribution in [3.05, 3.63) is 22.4 Å². The third kappa shape index (κ3) is 3.76. The first-order valence-corrected chi connectivity index (χ1v) is 8.30. The van der Waals surface area contributed by atoms with Gasteiger partial charge in [-0.05, 0) is 54.1 Å². The fourth-order valence-corrected chi connectivity index (χ4v) is 3.93. The average molecular weight is 305 g/mol. The van der Waals surface area contributed by atoms with Gasteiger partial charge in [0.05, 0.1) is 5.92 Å². The van der Waals surface area contributed by atoms with Crippen LogP contribution in [0.25, 0.3) is 0 Å². The molecule has 2 rings (SSSR count). The quantitative estimate of drug-likeness (QED) is 0.792. The fourth-order valence-electron chi connectivity index (χ4n) is 3.23. The van der Waals surface area contributed by atoms with Gasteiger partial charge < -0.3 is 5.32 Å². The van der Waals surface area contributed by atoms with Crippen LogP contribution in [0.2, 0.25) is 0 Å². The Morgan fingerprint density at radius 3 is 2.70 bits per heavy atom. The van der Waals surface area contributed by atoms with Crippen molar-refractivity contribution in [3.63, 3.8) is 0 Å². The van der Waals surface area contributed by atoms with Gasteiger partial charge in [0.25, 0.3) is 0 Å². The van der Waals surface area contributed by atoms with E-state index in [1.165, 1.54) is 0 Å². The summed E-state index contributed by atoms with van der Waals surface area (Å²) in [6.07, 6.45) is -0.586. The number of hydrogen-bond acceptors (Lipinski definition) is 2. The lowest BCUT2D eigenvalue weighted by Crippen LogP contribution is -2.40. The summed E-state index contributed by atoms with van der Waals surface area (Å²) in [6.45, 7) is 2.81. The molecule has 0 aliphatic heterocycles. The Morgan fingerprint density at radius 2 is 2.10 bits per heavy atom. The molecule has 1 aromatic rings. The molecule has 1 aliphatic carbocycles. The van der Waals surface area contributed by atoms with E-state index in [2.05, 4.69) is 5.32 Å². The minimum absolute atomic E-state index is 0.159. The van der Waals surface area contributed by atoms with Gasteiger partial charge in [0.1, 0.15) is 0 Å². The molecule has 114 valence electrons. The summed E-state index contributed by atoms with van der Waals surface area (Å²) in [7, 11) is 0. The average Bonchev–Trinajstić information content (AvgIpc) is 2.92. The van der Waals surface area contributed by atoms with Crippen molar-refractivity contribution in [3.8, 4) is 0 Å². The van der Waals surface area contributed by atoms with Crippen LogP contribution in [0.15, 0.2) is 16.8 Å². The molecular weight excluding hydrogens is 283 g/mol. The molecule has 20 heavy (non-hydrogen) atoms. The number of rotatable bonds is 5. The van der Waals surface area contributed by atoms with Crippen molar-refractivity contribution in [1.82, 2.24) is 5.32 Å². The molecule has 1 nitrogen and oxygen atoms in total. The normalized spacial score (nSPS) is 25.6. The van der Waals surface area contributed by atoms with Crippen LogP contribution in [0, 0.1) is 11.8 Å². The van der Waals surface area contributed by atoms with Crippen LogP contribution in [0.4, 0.5) is 13.2 Å². The van der Waals surface area contributed by atoms with Crippen molar-refractivity contribution >= 4 is 11.3 Å². The van der Waals surface area contributed by atoms with E-state index in [1.807, 2.05) is 23.8 Å². The van der Waals surface area contributed by atoms with Crippen LogP contribution < -0.4 is 5.32 Å². The van der Waals surface area contributed by atoms with E-state index < -0.39 is 12.1 Å².